The SMILES string of the molecule is COc1ccc(-c2nc3c(C(=O)N4CCN([C@H](CO)c5ccc(F)c(F)c5)C[C@H]4C)cnn3c(C(F)(F)F)c2C)cc1. The summed E-state index contributed by atoms with van der Waals surface area (Å²) in [5, 5.41) is 13.9. The molecule has 0 radical (unpaired) electrons. The van der Waals surface area contributed by atoms with Gasteiger partial charge in [-0.25, -0.2) is 18.3 Å². The summed E-state index contributed by atoms with van der Waals surface area (Å²) in [6.45, 7) is 3.42. The van der Waals surface area contributed by atoms with Crippen LogP contribution in [0.1, 0.15) is 40.1 Å². The summed E-state index contributed by atoms with van der Waals surface area (Å²) in [5.41, 5.74) is -0.638. The summed E-state index contributed by atoms with van der Waals surface area (Å²) in [7, 11) is 1.48. The highest BCUT2D eigenvalue weighted by Gasteiger charge is 2.40. The zero-order chi connectivity index (χ0) is 30.3. The molecule has 4 aromatic rings. The van der Waals surface area contributed by atoms with Gasteiger partial charge in [0, 0.05) is 36.8 Å². The Kier molecular flexibility index (Phi) is 7.90. The number of carbonyl (C=O) groups is 1. The van der Waals surface area contributed by atoms with Crippen molar-refractivity contribution in [2.45, 2.75) is 32.1 Å². The lowest BCUT2D eigenvalue weighted by molar-refractivity contribution is -0.143. The zero-order valence-electron chi connectivity index (χ0n) is 23.0. The minimum Gasteiger partial charge on any atom is -0.497 e. The van der Waals surface area contributed by atoms with Gasteiger partial charge in [0.1, 0.15) is 11.3 Å². The van der Waals surface area contributed by atoms with Crippen molar-refractivity contribution in [1.82, 2.24) is 24.4 Å². The van der Waals surface area contributed by atoms with Crippen LogP contribution in [0.25, 0.3) is 16.9 Å². The molecule has 1 amide bonds. The van der Waals surface area contributed by atoms with Gasteiger partial charge in [-0.1, -0.05) is 6.07 Å². The van der Waals surface area contributed by atoms with Gasteiger partial charge in [0.2, 0.25) is 0 Å². The van der Waals surface area contributed by atoms with Crippen LogP contribution in [0.4, 0.5) is 22.0 Å². The van der Waals surface area contributed by atoms with Crippen molar-refractivity contribution in [2.75, 3.05) is 33.4 Å². The van der Waals surface area contributed by atoms with Gasteiger partial charge in [-0.2, -0.15) is 18.3 Å². The molecule has 0 saturated carbocycles. The standard InChI is InChI=1S/C29H28F5N5O3/c1-16-14-37(24(15-40)19-6-9-22(30)23(31)12-19)10-11-38(16)28(41)21-13-35-39-26(29(32,33)34)17(2)25(36-27(21)39)18-4-7-20(42-3)8-5-18/h4-9,12-13,16,24,40H,10-11,14-15H2,1-3H3/t16-,24-/m1/s1. The molecule has 1 fully saturated rings. The summed E-state index contributed by atoms with van der Waals surface area (Å²) < 4.78 is 76.0. The first-order valence-corrected chi connectivity index (χ1v) is 13.1. The number of hydrogen-bond acceptors (Lipinski definition) is 6. The molecule has 13 heteroatoms. The lowest BCUT2D eigenvalue weighted by Gasteiger charge is -2.43. The second-order valence-corrected chi connectivity index (χ2v) is 10.2. The van der Waals surface area contributed by atoms with Crippen LogP contribution in [0.2, 0.25) is 0 Å². The van der Waals surface area contributed by atoms with Crippen LogP contribution in [0.15, 0.2) is 48.7 Å². The van der Waals surface area contributed by atoms with Gasteiger partial charge in [-0.05, 0) is 55.8 Å². The second kappa shape index (κ2) is 11.3. The average molecular weight is 590 g/mol. The van der Waals surface area contributed by atoms with Crippen LogP contribution in [0.3, 0.4) is 0 Å². The van der Waals surface area contributed by atoms with Crippen molar-refractivity contribution >= 4 is 11.6 Å². The Morgan fingerprint density at radius 3 is 2.43 bits per heavy atom. The molecule has 3 heterocycles. The Morgan fingerprint density at radius 1 is 1.12 bits per heavy atom. The number of methoxy groups -OCH3 is 1. The van der Waals surface area contributed by atoms with E-state index in [1.807, 2.05) is 4.90 Å². The van der Waals surface area contributed by atoms with Crippen LogP contribution in [0.5, 0.6) is 5.75 Å². The molecule has 0 bridgehead atoms. The quantitative estimate of drug-likeness (QED) is 0.323. The molecule has 1 aliphatic heterocycles. The smallest absolute Gasteiger partial charge is 0.433 e. The fourth-order valence-corrected chi connectivity index (χ4v) is 5.46. The molecule has 5 rings (SSSR count). The number of alkyl halides is 3. The topological polar surface area (TPSA) is 83.2 Å². The molecule has 2 atom stereocenters. The van der Waals surface area contributed by atoms with Crippen molar-refractivity contribution < 1.29 is 36.6 Å². The highest BCUT2D eigenvalue weighted by Crippen LogP contribution is 2.37. The second-order valence-electron chi connectivity index (χ2n) is 10.2. The Labute approximate surface area is 237 Å². The fraction of sp³-hybridized carbons (Fsp3) is 0.345. The first kappa shape index (κ1) is 29.4. The molecular formula is C29H28F5N5O3. The molecule has 2 aromatic carbocycles. The van der Waals surface area contributed by atoms with E-state index in [0.717, 1.165) is 18.3 Å². The normalized spacial score (nSPS) is 17.1. The maximum absolute atomic E-state index is 14.3. The fourth-order valence-electron chi connectivity index (χ4n) is 5.46. The van der Waals surface area contributed by atoms with E-state index in [-0.39, 0.29) is 48.7 Å². The lowest BCUT2D eigenvalue weighted by atomic mass is 10.0. The summed E-state index contributed by atoms with van der Waals surface area (Å²) in [6.07, 6.45) is -3.69. The van der Waals surface area contributed by atoms with Gasteiger partial charge in [0.05, 0.1) is 31.6 Å². The summed E-state index contributed by atoms with van der Waals surface area (Å²) in [5.74, 6) is -2.05. The van der Waals surface area contributed by atoms with Crippen molar-refractivity contribution in [1.29, 1.82) is 0 Å². The van der Waals surface area contributed by atoms with Gasteiger partial charge in [-0.15, -0.1) is 0 Å². The van der Waals surface area contributed by atoms with E-state index in [0.29, 0.717) is 21.4 Å². The Balaban J connectivity index is 1.48. The number of amides is 1. The Hall–Kier alpha value is -4.10. The molecule has 0 unspecified atom stereocenters. The summed E-state index contributed by atoms with van der Waals surface area (Å²) in [6, 6.07) is 8.75. The van der Waals surface area contributed by atoms with Crippen LogP contribution >= 0.6 is 0 Å². The van der Waals surface area contributed by atoms with Gasteiger partial charge in [0.25, 0.3) is 5.91 Å². The number of aliphatic hydroxyl groups excluding tert-OH is 1. The van der Waals surface area contributed by atoms with Crippen molar-refractivity contribution in [3.8, 4) is 17.0 Å². The highest BCUT2D eigenvalue weighted by molar-refractivity contribution is 6.00. The van der Waals surface area contributed by atoms with E-state index in [4.69, 9.17) is 4.74 Å². The molecule has 222 valence electrons. The number of rotatable bonds is 6. The minimum atomic E-state index is -4.78. The van der Waals surface area contributed by atoms with E-state index in [9.17, 15) is 31.9 Å². The predicted octanol–water partition coefficient (Wildman–Crippen LogP) is 4.89. The van der Waals surface area contributed by atoms with Crippen LogP contribution < -0.4 is 4.74 Å². The van der Waals surface area contributed by atoms with Crippen LogP contribution in [0, 0.1) is 18.6 Å². The third-order valence-corrected chi connectivity index (χ3v) is 7.61. The van der Waals surface area contributed by atoms with Crippen LogP contribution in [-0.4, -0.2) is 74.8 Å². The maximum Gasteiger partial charge on any atom is 0.433 e. The number of carbonyl (C=O) groups excluding carboxylic acids is 1. The Bertz CT molecular complexity index is 1620. The summed E-state index contributed by atoms with van der Waals surface area (Å²) in [4.78, 5) is 21.6. The molecule has 42 heavy (non-hydrogen) atoms. The molecular weight excluding hydrogens is 561 g/mol. The first-order chi connectivity index (χ1) is 19.9. The van der Waals surface area contributed by atoms with Crippen LogP contribution in [-0.2, 0) is 6.18 Å². The lowest BCUT2D eigenvalue weighted by Crippen LogP contribution is -2.55. The number of benzene rings is 2. The van der Waals surface area contributed by atoms with E-state index in [2.05, 4.69) is 10.1 Å². The minimum absolute atomic E-state index is 0.0576. The molecule has 1 N–H and O–H groups in total. The van der Waals surface area contributed by atoms with Gasteiger partial charge in [0.15, 0.2) is 23.0 Å². The number of aromatic nitrogens is 3. The van der Waals surface area contributed by atoms with Gasteiger partial charge < -0.3 is 14.7 Å². The largest absolute Gasteiger partial charge is 0.497 e. The van der Waals surface area contributed by atoms with Crippen molar-refractivity contribution in [3.63, 3.8) is 0 Å². The number of piperazine rings is 1. The van der Waals surface area contributed by atoms with Gasteiger partial charge >= 0.3 is 6.18 Å². The molecule has 1 aliphatic rings. The first-order valence-electron chi connectivity index (χ1n) is 13.1. The molecule has 8 nitrogen and oxygen atoms in total. The van der Waals surface area contributed by atoms with E-state index in [1.165, 1.54) is 25.0 Å². The maximum atomic E-state index is 14.3. The van der Waals surface area contributed by atoms with E-state index in [1.54, 1.807) is 31.2 Å². The third kappa shape index (κ3) is 5.29. The Morgan fingerprint density at radius 2 is 1.83 bits per heavy atom. The number of aliphatic hydroxyl groups is 1. The molecule has 2 aromatic heterocycles. The molecule has 1 saturated heterocycles. The van der Waals surface area contributed by atoms with E-state index >= 15 is 0 Å². The number of ether oxygens (including phenoxy) is 1. The van der Waals surface area contributed by atoms with Gasteiger partial charge in [-0.3, -0.25) is 9.69 Å². The third-order valence-electron chi connectivity index (χ3n) is 7.61. The number of hydrogen-bond donors (Lipinski definition) is 1. The molecule has 0 spiro atoms. The van der Waals surface area contributed by atoms with Crippen molar-refractivity contribution in [3.05, 3.63) is 82.7 Å². The number of fused-ring (bicyclic) bond motifs is 1. The number of halogens is 5. The number of nitrogens with zero attached hydrogens (tertiary/aromatic N) is 5. The average Bonchev–Trinajstić information content (AvgIpc) is 3.37. The monoisotopic (exact) mass is 589 g/mol. The highest BCUT2D eigenvalue weighted by atomic mass is 19.4. The van der Waals surface area contributed by atoms with Crippen molar-refractivity contribution in [2.24, 2.45) is 0 Å². The van der Waals surface area contributed by atoms with E-state index < -0.39 is 41.5 Å². The predicted molar refractivity (Wildman–Crippen MR) is 143 cm³/mol. The zero-order valence-corrected chi connectivity index (χ0v) is 23.0. The summed E-state index contributed by atoms with van der Waals surface area (Å²) >= 11 is 0. The molecule has 0 aliphatic carbocycles.